The number of hydrogen-bond acceptors (Lipinski definition) is 4. The maximum Gasteiger partial charge on any atom is 0.338 e. The van der Waals surface area contributed by atoms with Crippen molar-refractivity contribution in [2.75, 3.05) is 24.6 Å². The van der Waals surface area contributed by atoms with E-state index >= 15 is 0 Å². The molecule has 6 nitrogen and oxygen atoms in total. The van der Waals surface area contributed by atoms with Crippen molar-refractivity contribution >= 4 is 17.7 Å². The third-order valence-electron chi connectivity index (χ3n) is 4.27. The first-order valence-corrected chi connectivity index (χ1v) is 8.53. The highest BCUT2D eigenvalue weighted by Gasteiger charge is 2.21. The van der Waals surface area contributed by atoms with Crippen LogP contribution in [0.1, 0.15) is 15.9 Å². The van der Waals surface area contributed by atoms with Gasteiger partial charge in [0, 0.05) is 18.8 Å². The lowest BCUT2D eigenvalue weighted by molar-refractivity contribution is 0.0468. The van der Waals surface area contributed by atoms with Gasteiger partial charge in [-0.2, -0.15) is 5.26 Å². The summed E-state index contributed by atoms with van der Waals surface area (Å²) < 4.78 is 18.2. The van der Waals surface area contributed by atoms with E-state index in [-0.39, 0.29) is 18.5 Å². The number of nitrogens with zero attached hydrogens (tertiary/aromatic N) is 2. The third-order valence-corrected chi connectivity index (χ3v) is 4.27. The van der Waals surface area contributed by atoms with Crippen LogP contribution in [0.25, 0.3) is 0 Å². The molecule has 27 heavy (non-hydrogen) atoms. The molecule has 0 saturated carbocycles. The molecule has 2 aromatic carbocycles. The van der Waals surface area contributed by atoms with Crippen molar-refractivity contribution in [3.8, 4) is 6.07 Å². The first-order valence-electron chi connectivity index (χ1n) is 8.53. The number of nitrogens with one attached hydrogen (secondary N) is 1. The molecule has 3 rings (SSSR count). The van der Waals surface area contributed by atoms with Crippen molar-refractivity contribution in [1.29, 1.82) is 5.26 Å². The van der Waals surface area contributed by atoms with Crippen LogP contribution in [0.5, 0.6) is 0 Å². The van der Waals surface area contributed by atoms with E-state index in [1.807, 2.05) is 0 Å². The Labute approximate surface area is 156 Å². The van der Waals surface area contributed by atoms with Gasteiger partial charge in [0.15, 0.2) is 0 Å². The van der Waals surface area contributed by atoms with Gasteiger partial charge in [-0.05, 0) is 48.4 Å². The maximum atomic E-state index is 12.9. The lowest BCUT2D eigenvalue weighted by atomic mass is 10.0. The predicted molar refractivity (Wildman–Crippen MR) is 96.7 cm³/mol. The second-order valence-electron chi connectivity index (χ2n) is 6.19. The number of nitriles is 1. The summed E-state index contributed by atoms with van der Waals surface area (Å²) in [4.78, 5) is 25.4. The van der Waals surface area contributed by atoms with Gasteiger partial charge in [0.1, 0.15) is 12.4 Å². The minimum atomic E-state index is -0.535. The molecule has 0 unspecified atom stereocenters. The number of ether oxygens (including phenoxy) is 1. The monoisotopic (exact) mass is 367 g/mol. The molecule has 7 heteroatoms. The zero-order valence-corrected chi connectivity index (χ0v) is 14.5. The summed E-state index contributed by atoms with van der Waals surface area (Å²) in [7, 11) is 0. The zero-order valence-electron chi connectivity index (χ0n) is 14.5. The Hall–Kier alpha value is -3.40. The third kappa shape index (κ3) is 4.61. The first kappa shape index (κ1) is 18.4. The number of carbonyl (C=O) groups excluding carboxylic acids is 2. The average molecular weight is 367 g/mol. The van der Waals surface area contributed by atoms with Crippen LogP contribution in [0, 0.1) is 23.1 Å². The van der Waals surface area contributed by atoms with Crippen molar-refractivity contribution in [2.24, 2.45) is 5.92 Å². The fourth-order valence-electron chi connectivity index (χ4n) is 2.80. The Morgan fingerprint density at radius 1 is 1.22 bits per heavy atom. The maximum absolute atomic E-state index is 12.9. The molecule has 1 N–H and O–H groups in total. The van der Waals surface area contributed by atoms with Crippen LogP contribution in [0.15, 0.2) is 48.5 Å². The number of anilines is 1. The Morgan fingerprint density at radius 3 is 2.52 bits per heavy atom. The number of amides is 2. The topological polar surface area (TPSA) is 82.4 Å². The van der Waals surface area contributed by atoms with Gasteiger partial charge in [0.25, 0.3) is 0 Å². The fourth-order valence-corrected chi connectivity index (χ4v) is 2.80. The second kappa shape index (κ2) is 8.32. The highest BCUT2D eigenvalue weighted by molar-refractivity contribution is 5.95. The molecule has 1 heterocycles. The van der Waals surface area contributed by atoms with E-state index in [1.165, 1.54) is 12.1 Å². The van der Waals surface area contributed by atoms with E-state index in [1.54, 1.807) is 41.3 Å². The minimum absolute atomic E-state index is 0.0526. The lowest BCUT2D eigenvalue weighted by Gasteiger charge is -2.14. The molecular formula is C20H18FN3O3. The van der Waals surface area contributed by atoms with Gasteiger partial charge in [0.05, 0.1) is 17.6 Å². The quantitative estimate of drug-likeness (QED) is 0.796. The Balaban J connectivity index is 1.55. The molecule has 0 bridgehead atoms. The molecule has 1 atom stereocenters. The van der Waals surface area contributed by atoms with Crippen molar-refractivity contribution < 1.29 is 18.7 Å². The van der Waals surface area contributed by atoms with E-state index < -0.39 is 11.9 Å². The highest BCUT2D eigenvalue weighted by atomic mass is 19.1. The molecule has 1 aliphatic rings. The van der Waals surface area contributed by atoms with Crippen molar-refractivity contribution in [3.63, 3.8) is 0 Å². The van der Waals surface area contributed by atoms with E-state index in [9.17, 15) is 19.2 Å². The smallest absolute Gasteiger partial charge is 0.338 e. The number of esters is 1. The highest BCUT2D eigenvalue weighted by Crippen LogP contribution is 2.18. The van der Waals surface area contributed by atoms with Gasteiger partial charge >= 0.3 is 12.0 Å². The molecule has 2 aromatic rings. The molecular weight excluding hydrogens is 349 g/mol. The van der Waals surface area contributed by atoms with Crippen LogP contribution in [0.3, 0.4) is 0 Å². The van der Waals surface area contributed by atoms with Crippen molar-refractivity contribution in [1.82, 2.24) is 5.32 Å². The Bertz CT molecular complexity index is 860. The molecule has 1 aliphatic heterocycles. The van der Waals surface area contributed by atoms with E-state index in [0.29, 0.717) is 30.8 Å². The zero-order chi connectivity index (χ0) is 19.2. The summed E-state index contributed by atoms with van der Waals surface area (Å²) >= 11 is 0. The van der Waals surface area contributed by atoms with Crippen LogP contribution >= 0.6 is 0 Å². The van der Waals surface area contributed by atoms with Crippen molar-refractivity contribution in [3.05, 3.63) is 65.5 Å². The fraction of sp³-hybridized carbons (Fsp3) is 0.250. The van der Waals surface area contributed by atoms with Crippen LogP contribution < -0.4 is 10.2 Å². The van der Waals surface area contributed by atoms with Gasteiger partial charge in [-0.15, -0.1) is 0 Å². The molecule has 0 aliphatic carbocycles. The number of halogens is 1. The largest absolute Gasteiger partial charge is 0.461 e. The van der Waals surface area contributed by atoms with Gasteiger partial charge in [0.2, 0.25) is 0 Å². The lowest BCUT2D eigenvalue weighted by Crippen LogP contribution is -2.27. The predicted octanol–water partition coefficient (Wildman–Crippen LogP) is 2.89. The van der Waals surface area contributed by atoms with E-state index in [0.717, 1.165) is 5.56 Å². The van der Waals surface area contributed by atoms with Gasteiger partial charge in [-0.3, -0.25) is 4.90 Å². The number of benzene rings is 2. The number of rotatable bonds is 6. The van der Waals surface area contributed by atoms with Gasteiger partial charge < -0.3 is 10.1 Å². The summed E-state index contributed by atoms with van der Waals surface area (Å²) in [6.07, 6.45) is 0.368. The number of urea groups is 1. The summed E-state index contributed by atoms with van der Waals surface area (Å²) in [6.45, 7) is 1.12. The van der Waals surface area contributed by atoms with Crippen LogP contribution in [0.4, 0.5) is 14.9 Å². The Morgan fingerprint density at radius 2 is 1.93 bits per heavy atom. The number of carbonyl (C=O) groups is 2. The molecule has 1 fully saturated rings. The van der Waals surface area contributed by atoms with Gasteiger partial charge in [-0.25, -0.2) is 14.0 Å². The van der Waals surface area contributed by atoms with Crippen LogP contribution in [0.2, 0.25) is 0 Å². The average Bonchev–Trinajstić information content (AvgIpc) is 3.12. The molecule has 138 valence electrons. The normalized spacial score (nSPS) is 14.4. The SMILES string of the molecule is N#C[C@H](COC(=O)c1ccc(N2CCNC2=O)cc1)Cc1ccc(F)cc1. The summed E-state index contributed by atoms with van der Waals surface area (Å²) in [5.41, 5.74) is 1.84. The summed E-state index contributed by atoms with van der Waals surface area (Å²) in [5.74, 6) is -1.40. The molecule has 0 radical (unpaired) electrons. The molecule has 2 amide bonds. The van der Waals surface area contributed by atoms with Gasteiger partial charge in [-0.1, -0.05) is 12.1 Å². The van der Waals surface area contributed by atoms with Crippen LogP contribution in [-0.2, 0) is 11.2 Å². The summed E-state index contributed by atoms with van der Waals surface area (Å²) in [6, 6.07) is 14.4. The van der Waals surface area contributed by atoms with Crippen LogP contribution in [-0.4, -0.2) is 31.7 Å². The molecule has 1 saturated heterocycles. The second-order valence-corrected chi connectivity index (χ2v) is 6.19. The van der Waals surface area contributed by atoms with E-state index in [4.69, 9.17) is 4.74 Å². The Kier molecular flexibility index (Phi) is 5.67. The van der Waals surface area contributed by atoms with E-state index in [2.05, 4.69) is 11.4 Å². The first-order chi connectivity index (χ1) is 13.1. The standard InChI is InChI=1S/C20H18FN3O3/c21-17-5-1-14(2-6-17)11-15(12-22)13-27-19(25)16-3-7-18(8-4-16)24-10-9-23-20(24)26/h1-8,15H,9-11,13H2,(H,23,26)/t15-/m1/s1. The summed E-state index contributed by atoms with van der Waals surface area (Å²) in [5, 5.41) is 12.0. The molecule has 0 aromatic heterocycles. The minimum Gasteiger partial charge on any atom is -0.461 e. The van der Waals surface area contributed by atoms with Crippen molar-refractivity contribution in [2.45, 2.75) is 6.42 Å². The molecule has 0 spiro atoms. The number of hydrogen-bond donors (Lipinski definition) is 1.